The van der Waals surface area contributed by atoms with Crippen LogP contribution in [0.3, 0.4) is 0 Å². The Balaban J connectivity index is 2.22. The van der Waals surface area contributed by atoms with Crippen molar-refractivity contribution in [1.82, 2.24) is 5.32 Å². The van der Waals surface area contributed by atoms with E-state index in [-0.39, 0.29) is 28.2 Å². The summed E-state index contributed by atoms with van der Waals surface area (Å²) in [5.41, 5.74) is 2.42. The first kappa shape index (κ1) is 20.2. The summed E-state index contributed by atoms with van der Waals surface area (Å²) in [6.45, 7) is 7.97. The minimum Gasteiger partial charge on any atom is -0.345 e. The van der Waals surface area contributed by atoms with E-state index in [9.17, 15) is 13.2 Å². The van der Waals surface area contributed by atoms with Gasteiger partial charge in [-0.05, 0) is 42.5 Å². The normalized spacial score (nSPS) is 12.8. The van der Waals surface area contributed by atoms with Crippen molar-refractivity contribution in [1.29, 1.82) is 0 Å². The van der Waals surface area contributed by atoms with Gasteiger partial charge in [0, 0.05) is 0 Å². The Morgan fingerprint density at radius 3 is 2.12 bits per heavy atom. The van der Waals surface area contributed by atoms with Gasteiger partial charge in [-0.3, -0.25) is 4.79 Å². The summed E-state index contributed by atoms with van der Waals surface area (Å²) in [6, 6.07) is 14.3. The van der Waals surface area contributed by atoms with E-state index in [1.807, 2.05) is 26.0 Å². The number of hydrogen-bond donors (Lipinski definition) is 1. The summed E-state index contributed by atoms with van der Waals surface area (Å²) in [5.74, 6) is 0.106. The maximum Gasteiger partial charge on any atom is 0.253 e. The zero-order valence-corrected chi connectivity index (χ0v) is 16.6. The predicted molar refractivity (Wildman–Crippen MR) is 105 cm³/mol. The van der Waals surface area contributed by atoms with Crippen LogP contribution in [0, 0.1) is 0 Å². The first-order chi connectivity index (χ1) is 12.3. The number of rotatable bonds is 7. The molecule has 2 rings (SSSR count). The third-order valence-electron chi connectivity index (χ3n) is 4.39. The lowest BCUT2D eigenvalue weighted by molar-refractivity contribution is 0.0936. The van der Waals surface area contributed by atoms with E-state index in [4.69, 9.17) is 0 Å². The van der Waals surface area contributed by atoms with Crippen molar-refractivity contribution in [3.8, 4) is 0 Å². The number of sulfone groups is 1. The van der Waals surface area contributed by atoms with Crippen LogP contribution in [-0.2, 0) is 9.84 Å². The molecular weight excluding hydrogens is 346 g/mol. The van der Waals surface area contributed by atoms with Gasteiger partial charge in [-0.15, -0.1) is 0 Å². The molecule has 1 unspecified atom stereocenters. The molecule has 26 heavy (non-hydrogen) atoms. The molecule has 140 valence electrons. The largest absolute Gasteiger partial charge is 0.345 e. The average molecular weight is 374 g/mol. The van der Waals surface area contributed by atoms with E-state index >= 15 is 0 Å². The average Bonchev–Trinajstić information content (AvgIpc) is 2.61. The first-order valence-electron chi connectivity index (χ1n) is 8.98. The topological polar surface area (TPSA) is 63.2 Å². The number of benzene rings is 2. The van der Waals surface area contributed by atoms with Crippen LogP contribution in [0.4, 0.5) is 0 Å². The van der Waals surface area contributed by atoms with Crippen LogP contribution in [0.5, 0.6) is 0 Å². The zero-order chi connectivity index (χ0) is 19.3. The molecule has 0 spiro atoms. The lowest BCUT2D eigenvalue weighted by Gasteiger charge is -2.17. The molecule has 0 bridgehead atoms. The Bertz CT molecular complexity index is 855. The van der Waals surface area contributed by atoms with Gasteiger partial charge >= 0.3 is 0 Å². The van der Waals surface area contributed by atoms with Gasteiger partial charge < -0.3 is 5.32 Å². The highest BCUT2D eigenvalue weighted by Crippen LogP contribution is 2.21. The molecule has 0 fully saturated rings. The van der Waals surface area contributed by atoms with E-state index in [2.05, 4.69) is 31.3 Å². The van der Waals surface area contributed by atoms with E-state index in [0.717, 1.165) is 5.56 Å². The Hall–Kier alpha value is -2.14. The van der Waals surface area contributed by atoms with Crippen molar-refractivity contribution >= 4 is 15.7 Å². The molecule has 0 aromatic heterocycles. The monoisotopic (exact) mass is 373 g/mol. The Morgan fingerprint density at radius 1 is 0.962 bits per heavy atom. The summed E-state index contributed by atoms with van der Waals surface area (Å²) >= 11 is 0. The molecule has 0 aliphatic rings. The van der Waals surface area contributed by atoms with Crippen LogP contribution in [0.2, 0.25) is 0 Å². The highest BCUT2D eigenvalue weighted by molar-refractivity contribution is 7.91. The number of amides is 1. The fraction of sp³-hybridized carbons (Fsp3) is 0.381. The molecule has 5 heteroatoms. The maximum atomic E-state index is 12.7. The van der Waals surface area contributed by atoms with Crippen LogP contribution in [0.15, 0.2) is 53.4 Å². The molecule has 1 N–H and O–H groups in total. The lowest BCUT2D eigenvalue weighted by atomic mass is 9.99. The van der Waals surface area contributed by atoms with E-state index in [1.54, 1.807) is 18.2 Å². The van der Waals surface area contributed by atoms with Gasteiger partial charge in [-0.1, -0.05) is 57.2 Å². The third-order valence-corrected chi connectivity index (χ3v) is 6.36. The zero-order valence-electron chi connectivity index (χ0n) is 15.8. The van der Waals surface area contributed by atoms with Crippen molar-refractivity contribution in [2.24, 2.45) is 0 Å². The summed E-state index contributed by atoms with van der Waals surface area (Å²) in [6.07, 6.45) is 0.511. The number of carbonyl (C=O) groups is 1. The highest BCUT2D eigenvalue weighted by atomic mass is 32.2. The number of hydrogen-bond acceptors (Lipinski definition) is 3. The van der Waals surface area contributed by atoms with Crippen LogP contribution < -0.4 is 5.32 Å². The summed E-state index contributed by atoms with van der Waals surface area (Å²) in [7, 11) is -3.46. The Labute approximate surface area is 156 Å². The smallest absolute Gasteiger partial charge is 0.253 e. The molecule has 0 aliphatic carbocycles. The fourth-order valence-corrected chi connectivity index (χ4v) is 4.37. The molecule has 0 saturated carbocycles. The number of carbonyl (C=O) groups excluding carboxylic acids is 1. The van der Waals surface area contributed by atoms with Gasteiger partial charge in [-0.25, -0.2) is 8.42 Å². The molecule has 1 amide bonds. The van der Waals surface area contributed by atoms with Crippen molar-refractivity contribution in [3.63, 3.8) is 0 Å². The van der Waals surface area contributed by atoms with Gasteiger partial charge in [0.1, 0.15) is 0 Å². The second-order valence-corrected chi connectivity index (χ2v) is 8.91. The second kappa shape index (κ2) is 8.49. The summed E-state index contributed by atoms with van der Waals surface area (Å²) < 4.78 is 24.9. The van der Waals surface area contributed by atoms with E-state index in [1.165, 1.54) is 11.6 Å². The molecule has 2 aromatic carbocycles. The minimum absolute atomic E-state index is 0.0313. The third kappa shape index (κ3) is 4.73. The van der Waals surface area contributed by atoms with Crippen molar-refractivity contribution in [2.75, 3.05) is 5.75 Å². The molecule has 0 heterocycles. The SMILES string of the molecule is CCCS(=O)(=O)c1ccccc1C(=O)NC(C)c1ccc(C(C)C)cc1. The van der Waals surface area contributed by atoms with Gasteiger partial charge in [0.2, 0.25) is 0 Å². The Morgan fingerprint density at radius 2 is 1.54 bits per heavy atom. The van der Waals surface area contributed by atoms with Gasteiger partial charge in [0.15, 0.2) is 9.84 Å². The molecule has 1 atom stereocenters. The first-order valence-corrected chi connectivity index (χ1v) is 10.6. The van der Waals surface area contributed by atoms with Crippen LogP contribution in [-0.4, -0.2) is 20.1 Å². The van der Waals surface area contributed by atoms with Crippen molar-refractivity contribution in [2.45, 2.75) is 51.0 Å². The lowest BCUT2D eigenvalue weighted by Crippen LogP contribution is -2.28. The molecule has 0 saturated heterocycles. The van der Waals surface area contributed by atoms with E-state index in [0.29, 0.717) is 12.3 Å². The van der Waals surface area contributed by atoms with Crippen LogP contribution in [0.25, 0.3) is 0 Å². The minimum atomic E-state index is -3.46. The second-order valence-electron chi connectivity index (χ2n) is 6.83. The quantitative estimate of drug-likeness (QED) is 0.778. The van der Waals surface area contributed by atoms with Crippen LogP contribution >= 0.6 is 0 Å². The fourth-order valence-electron chi connectivity index (χ4n) is 2.83. The molecule has 0 aliphatic heterocycles. The standard InChI is InChI=1S/C21H27NO3S/c1-5-14-26(24,25)20-9-7-6-8-19(20)21(23)22-16(4)18-12-10-17(11-13-18)15(2)3/h6-13,15-16H,5,14H2,1-4H3,(H,22,23). The maximum absolute atomic E-state index is 12.7. The van der Waals surface area contributed by atoms with Crippen molar-refractivity contribution in [3.05, 3.63) is 65.2 Å². The summed E-state index contributed by atoms with van der Waals surface area (Å²) in [5, 5.41) is 2.91. The predicted octanol–water partition coefficient (Wildman–Crippen LogP) is 4.48. The van der Waals surface area contributed by atoms with Gasteiger partial charge in [0.25, 0.3) is 5.91 Å². The van der Waals surface area contributed by atoms with Crippen molar-refractivity contribution < 1.29 is 13.2 Å². The molecular formula is C21H27NO3S. The molecule has 4 nitrogen and oxygen atoms in total. The van der Waals surface area contributed by atoms with Gasteiger partial charge in [-0.2, -0.15) is 0 Å². The summed E-state index contributed by atoms with van der Waals surface area (Å²) in [4.78, 5) is 12.8. The number of nitrogens with one attached hydrogen (secondary N) is 1. The van der Waals surface area contributed by atoms with E-state index < -0.39 is 9.84 Å². The van der Waals surface area contributed by atoms with Crippen LogP contribution in [0.1, 0.15) is 67.6 Å². The molecule has 2 aromatic rings. The molecule has 0 radical (unpaired) electrons. The van der Waals surface area contributed by atoms with Gasteiger partial charge in [0.05, 0.1) is 22.3 Å². The Kier molecular flexibility index (Phi) is 6.59. The highest BCUT2D eigenvalue weighted by Gasteiger charge is 2.22.